The first-order valence-corrected chi connectivity index (χ1v) is 11.2. The maximum absolute atomic E-state index is 11.9. The maximum Gasteiger partial charge on any atom is 0.330 e. The third-order valence-corrected chi connectivity index (χ3v) is 9.41. The van der Waals surface area contributed by atoms with Crippen LogP contribution in [0.4, 0.5) is 0 Å². The largest absolute Gasteiger partial charge is 0.463 e. The van der Waals surface area contributed by atoms with Crippen LogP contribution >= 0.6 is 0 Å². The van der Waals surface area contributed by atoms with Gasteiger partial charge in [-0.3, -0.25) is 0 Å². The van der Waals surface area contributed by atoms with Gasteiger partial charge in [-0.15, -0.1) is 0 Å². The summed E-state index contributed by atoms with van der Waals surface area (Å²) in [6, 6.07) is 0. The lowest BCUT2D eigenvalue weighted by Gasteiger charge is -2.45. The first-order valence-electron chi connectivity index (χ1n) is 8.25. The van der Waals surface area contributed by atoms with Crippen molar-refractivity contribution >= 4 is 14.3 Å². The van der Waals surface area contributed by atoms with E-state index in [0.29, 0.717) is 6.61 Å². The second-order valence-electron chi connectivity index (χ2n) is 7.73. The molecule has 126 valence electrons. The Morgan fingerprint density at radius 2 is 2.00 bits per heavy atom. The molecule has 0 aromatic carbocycles. The van der Waals surface area contributed by atoms with Crippen molar-refractivity contribution in [2.45, 2.75) is 77.6 Å². The highest BCUT2D eigenvalue weighted by Gasteiger charge is 2.44. The predicted molar refractivity (Wildman–Crippen MR) is 94.4 cm³/mol. The number of esters is 1. The van der Waals surface area contributed by atoms with E-state index in [2.05, 4.69) is 52.9 Å². The number of allylic oxidation sites excluding steroid dienone is 2. The number of hydrogen-bond donors (Lipinski definition) is 0. The van der Waals surface area contributed by atoms with Gasteiger partial charge in [0.2, 0.25) is 0 Å². The van der Waals surface area contributed by atoms with Gasteiger partial charge < -0.3 is 9.16 Å². The molecule has 0 bridgehead atoms. The first kappa shape index (κ1) is 19.2. The standard InChI is InChI=1S/C18H32O3Si/c1-8-20-16(19)14-15-12-10-9-11-13-18(15,5)21-22(6,7)17(2,3)4/h9-10,14H,8,11-13H2,1-7H3/b15-14-. The summed E-state index contributed by atoms with van der Waals surface area (Å²) in [5.74, 6) is -0.266. The summed E-state index contributed by atoms with van der Waals surface area (Å²) in [5, 5.41) is 0.144. The van der Waals surface area contributed by atoms with Crippen LogP contribution in [0.25, 0.3) is 0 Å². The summed E-state index contributed by atoms with van der Waals surface area (Å²) in [6.45, 7) is 15.6. The molecule has 0 fully saturated rings. The zero-order chi connectivity index (χ0) is 17.0. The van der Waals surface area contributed by atoms with E-state index in [1.54, 1.807) is 6.08 Å². The van der Waals surface area contributed by atoms with E-state index in [9.17, 15) is 4.79 Å². The molecular formula is C18H32O3Si. The van der Waals surface area contributed by atoms with E-state index in [0.717, 1.165) is 24.8 Å². The van der Waals surface area contributed by atoms with Gasteiger partial charge in [-0.2, -0.15) is 0 Å². The van der Waals surface area contributed by atoms with Gasteiger partial charge in [0.1, 0.15) is 0 Å². The molecule has 1 atom stereocenters. The molecule has 0 spiro atoms. The van der Waals surface area contributed by atoms with Crippen LogP contribution in [0.1, 0.15) is 53.9 Å². The number of carbonyl (C=O) groups is 1. The van der Waals surface area contributed by atoms with Gasteiger partial charge in [0.15, 0.2) is 8.32 Å². The molecule has 0 heterocycles. The van der Waals surface area contributed by atoms with Crippen molar-refractivity contribution < 1.29 is 14.0 Å². The van der Waals surface area contributed by atoms with Crippen LogP contribution in [-0.4, -0.2) is 26.5 Å². The van der Waals surface area contributed by atoms with E-state index < -0.39 is 8.32 Å². The van der Waals surface area contributed by atoms with Crippen LogP contribution in [0.15, 0.2) is 23.8 Å². The summed E-state index contributed by atoms with van der Waals surface area (Å²) >= 11 is 0. The van der Waals surface area contributed by atoms with Gasteiger partial charge >= 0.3 is 5.97 Å². The van der Waals surface area contributed by atoms with Gasteiger partial charge in [-0.25, -0.2) is 4.79 Å². The van der Waals surface area contributed by atoms with Crippen molar-refractivity contribution in [1.82, 2.24) is 0 Å². The van der Waals surface area contributed by atoms with E-state index in [1.807, 2.05) is 6.92 Å². The van der Waals surface area contributed by atoms with Crippen LogP contribution in [0, 0.1) is 0 Å². The molecule has 3 nitrogen and oxygen atoms in total. The summed E-state index contributed by atoms with van der Waals surface area (Å²) < 4.78 is 11.8. The Morgan fingerprint density at radius 1 is 1.36 bits per heavy atom. The summed E-state index contributed by atoms with van der Waals surface area (Å²) in [7, 11) is -1.92. The predicted octanol–water partition coefficient (Wildman–Crippen LogP) is 5.00. The highest BCUT2D eigenvalue weighted by molar-refractivity contribution is 6.74. The molecule has 1 aliphatic carbocycles. The molecule has 0 saturated heterocycles. The Labute approximate surface area is 136 Å². The van der Waals surface area contributed by atoms with Crippen LogP contribution in [0.5, 0.6) is 0 Å². The molecular weight excluding hydrogens is 292 g/mol. The van der Waals surface area contributed by atoms with Crippen molar-refractivity contribution in [2.75, 3.05) is 6.61 Å². The molecule has 0 amide bonds. The molecule has 0 aromatic heterocycles. The average Bonchev–Trinajstić information content (AvgIpc) is 2.50. The highest BCUT2D eigenvalue weighted by atomic mass is 28.4. The SMILES string of the molecule is CCOC(=O)/C=C1/CC=CCCC1(C)O[Si](C)(C)C(C)(C)C. The number of hydrogen-bond acceptors (Lipinski definition) is 3. The van der Waals surface area contributed by atoms with Crippen LogP contribution in [-0.2, 0) is 14.0 Å². The first-order chi connectivity index (χ1) is 10.0. The lowest BCUT2D eigenvalue weighted by atomic mass is 9.90. The zero-order valence-electron chi connectivity index (χ0n) is 15.3. The lowest BCUT2D eigenvalue weighted by molar-refractivity contribution is -0.137. The van der Waals surface area contributed by atoms with Gasteiger partial charge in [-0.05, 0) is 56.8 Å². The Kier molecular flexibility index (Phi) is 6.22. The van der Waals surface area contributed by atoms with Gasteiger partial charge in [0.25, 0.3) is 0 Å². The fourth-order valence-electron chi connectivity index (χ4n) is 2.43. The van der Waals surface area contributed by atoms with E-state index in [4.69, 9.17) is 9.16 Å². The Bertz CT molecular complexity index is 457. The Hall–Kier alpha value is -0.873. The summed E-state index contributed by atoms with van der Waals surface area (Å²) in [6.07, 6.45) is 8.59. The molecule has 1 rings (SSSR count). The quantitative estimate of drug-likeness (QED) is 0.316. The summed E-state index contributed by atoms with van der Waals surface area (Å²) in [5.41, 5.74) is 0.642. The molecule has 0 aromatic rings. The number of carbonyl (C=O) groups excluding carboxylic acids is 1. The molecule has 0 saturated carbocycles. The minimum absolute atomic E-state index is 0.144. The molecule has 1 unspecified atom stereocenters. The van der Waals surface area contributed by atoms with Crippen LogP contribution in [0.3, 0.4) is 0 Å². The normalized spacial score (nSPS) is 25.1. The Morgan fingerprint density at radius 3 is 2.55 bits per heavy atom. The molecule has 0 radical (unpaired) electrons. The van der Waals surface area contributed by atoms with Gasteiger partial charge in [-0.1, -0.05) is 32.9 Å². The topological polar surface area (TPSA) is 35.5 Å². The molecule has 4 heteroatoms. The van der Waals surface area contributed by atoms with E-state index in [-0.39, 0.29) is 16.6 Å². The second-order valence-corrected chi connectivity index (χ2v) is 12.5. The van der Waals surface area contributed by atoms with Gasteiger partial charge in [0, 0.05) is 6.08 Å². The van der Waals surface area contributed by atoms with Crippen molar-refractivity contribution in [3.63, 3.8) is 0 Å². The minimum atomic E-state index is -1.92. The van der Waals surface area contributed by atoms with E-state index in [1.165, 1.54) is 0 Å². The van der Waals surface area contributed by atoms with Crippen LogP contribution < -0.4 is 0 Å². The number of ether oxygens (including phenoxy) is 1. The molecule has 22 heavy (non-hydrogen) atoms. The molecule has 0 aliphatic heterocycles. The third-order valence-electron chi connectivity index (χ3n) is 4.84. The number of rotatable bonds is 4. The maximum atomic E-state index is 11.9. The average molecular weight is 325 g/mol. The van der Waals surface area contributed by atoms with Crippen molar-refractivity contribution in [3.8, 4) is 0 Å². The molecule has 1 aliphatic rings. The van der Waals surface area contributed by atoms with Crippen molar-refractivity contribution in [1.29, 1.82) is 0 Å². The van der Waals surface area contributed by atoms with Gasteiger partial charge in [0.05, 0.1) is 12.2 Å². The monoisotopic (exact) mass is 324 g/mol. The lowest BCUT2D eigenvalue weighted by Crippen LogP contribution is -2.49. The second kappa shape index (κ2) is 7.13. The fourth-order valence-corrected chi connectivity index (χ4v) is 4.10. The molecule has 0 N–H and O–H groups in total. The van der Waals surface area contributed by atoms with Crippen molar-refractivity contribution in [2.24, 2.45) is 0 Å². The summed E-state index contributed by atoms with van der Waals surface area (Å²) in [4.78, 5) is 11.9. The zero-order valence-corrected chi connectivity index (χ0v) is 16.3. The third kappa shape index (κ3) is 4.82. The highest BCUT2D eigenvalue weighted by Crippen LogP contribution is 2.43. The smallest absolute Gasteiger partial charge is 0.330 e. The van der Waals surface area contributed by atoms with E-state index >= 15 is 0 Å². The van der Waals surface area contributed by atoms with Crippen molar-refractivity contribution in [3.05, 3.63) is 23.8 Å². The van der Waals surface area contributed by atoms with Crippen LogP contribution in [0.2, 0.25) is 18.1 Å². The fraction of sp³-hybridized carbons (Fsp3) is 0.722. The Balaban J connectivity index is 3.11. The minimum Gasteiger partial charge on any atom is -0.463 e.